The molecule has 1 saturated heterocycles. The van der Waals surface area contributed by atoms with Crippen molar-refractivity contribution in [1.29, 1.82) is 0 Å². The van der Waals surface area contributed by atoms with Crippen LogP contribution in [0.15, 0.2) is 18.2 Å². The van der Waals surface area contributed by atoms with Crippen LogP contribution < -0.4 is 5.32 Å². The lowest BCUT2D eigenvalue weighted by molar-refractivity contribution is 0.445. The Balaban J connectivity index is 2.40. The predicted octanol–water partition coefficient (Wildman–Crippen LogP) is 3.49. The summed E-state index contributed by atoms with van der Waals surface area (Å²) in [6, 6.07) is 3.68. The van der Waals surface area contributed by atoms with E-state index >= 15 is 0 Å². The molecule has 21 heavy (non-hydrogen) atoms. The molecule has 2 unspecified atom stereocenters. The normalized spacial score (nSPS) is 22.9. The van der Waals surface area contributed by atoms with Gasteiger partial charge in [0.05, 0.1) is 17.0 Å². The lowest BCUT2D eigenvalue weighted by Crippen LogP contribution is -2.41. The topological polar surface area (TPSA) is 46.2 Å². The fraction of sp³-hybridized carbons (Fsp3) is 0.600. The van der Waals surface area contributed by atoms with Crippen molar-refractivity contribution in [2.75, 3.05) is 12.3 Å². The fourth-order valence-corrected chi connectivity index (χ4v) is 5.18. The van der Waals surface area contributed by atoms with E-state index in [0.29, 0.717) is 30.0 Å². The van der Waals surface area contributed by atoms with Crippen LogP contribution in [-0.4, -0.2) is 26.0 Å². The van der Waals surface area contributed by atoms with Crippen molar-refractivity contribution in [3.63, 3.8) is 0 Å². The Bertz CT molecular complexity index is 591. The third kappa shape index (κ3) is 3.96. The van der Waals surface area contributed by atoms with E-state index in [1.807, 2.05) is 6.92 Å². The van der Waals surface area contributed by atoms with Crippen molar-refractivity contribution >= 4 is 21.4 Å². The van der Waals surface area contributed by atoms with Crippen LogP contribution in [0, 0.1) is 5.82 Å². The first-order valence-electron chi connectivity index (χ1n) is 7.35. The molecule has 118 valence electrons. The molecule has 1 aromatic carbocycles. The van der Waals surface area contributed by atoms with E-state index in [4.69, 9.17) is 11.6 Å². The number of nitrogens with one attached hydrogen (secondary N) is 1. The molecule has 1 aliphatic rings. The molecule has 0 aromatic heterocycles. The number of hydrogen-bond donors (Lipinski definition) is 1. The summed E-state index contributed by atoms with van der Waals surface area (Å²) in [4.78, 5) is 0. The molecule has 6 heteroatoms. The SMILES string of the molecule is CCCNC(c1cc(F)ccc1Cl)C1CCCCS1(=O)=O. The third-order valence-electron chi connectivity index (χ3n) is 3.91. The number of hydrogen-bond acceptors (Lipinski definition) is 3. The molecule has 0 saturated carbocycles. The van der Waals surface area contributed by atoms with Crippen LogP contribution in [0.3, 0.4) is 0 Å². The van der Waals surface area contributed by atoms with E-state index in [-0.39, 0.29) is 5.75 Å². The number of sulfone groups is 1. The van der Waals surface area contributed by atoms with Gasteiger partial charge in [0.2, 0.25) is 0 Å². The number of benzene rings is 1. The smallest absolute Gasteiger partial charge is 0.155 e. The van der Waals surface area contributed by atoms with Crippen molar-refractivity contribution in [3.05, 3.63) is 34.6 Å². The molecule has 0 bridgehead atoms. The maximum absolute atomic E-state index is 13.6. The van der Waals surface area contributed by atoms with Crippen molar-refractivity contribution < 1.29 is 12.8 Å². The van der Waals surface area contributed by atoms with Crippen LogP contribution >= 0.6 is 11.6 Å². The molecular formula is C15H21ClFNO2S. The second-order valence-electron chi connectivity index (χ2n) is 5.50. The van der Waals surface area contributed by atoms with E-state index in [1.54, 1.807) is 0 Å². The first-order chi connectivity index (χ1) is 9.95. The van der Waals surface area contributed by atoms with Gasteiger partial charge in [-0.15, -0.1) is 0 Å². The first-order valence-corrected chi connectivity index (χ1v) is 9.45. The highest BCUT2D eigenvalue weighted by Gasteiger charge is 2.37. The lowest BCUT2D eigenvalue weighted by Gasteiger charge is -2.31. The Labute approximate surface area is 130 Å². The quantitative estimate of drug-likeness (QED) is 0.897. The molecule has 0 spiro atoms. The van der Waals surface area contributed by atoms with Crippen molar-refractivity contribution in [1.82, 2.24) is 5.32 Å². The second-order valence-corrected chi connectivity index (χ2v) is 8.25. The summed E-state index contributed by atoms with van der Waals surface area (Å²) in [5.74, 6) is -0.194. The van der Waals surface area contributed by atoms with E-state index in [2.05, 4.69) is 5.32 Å². The van der Waals surface area contributed by atoms with Gasteiger partial charge in [-0.3, -0.25) is 0 Å². The zero-order valence-electron chi connectivity index (χ0n) is 12.1. The van der Waals surface area contributed by atoms with Gasteiger partial charge in [0.25, 0.3) is 0 Å². The average molecular weight is 334 g/mol. The van der Waals surface area contributed by atoms with Gasteiger partial charge in [0, 0.05) is 5.02 Å². The molecule has 3 nitrogen and oxygen atoms in total. The summed E-state index contributed by atoms with van der Waals surface area (Å²) in [7, 11) is -3.17. The zero-order chi connectivity index (χ0) is 15.5. The summed E-state index contributed by atoms with van der Waals surface area (Å²) in [5, 5.41) is 3.13. The maximum Gasteiger partial charge on any atom is 0.155 e. The highest BCUT2D eigenvalue weighted by atomic mass is 35.5. The second kappa shape index (κ2) is 7.07. The molecule has 0 aliphatic carbocycles. The highest BCUT2D eigenvalue weighted by Crippen LogP contribution is 2.34. The molecule has 1 fully saturated rings. The molecule has 0 radical (unpaired) electrons. The van der Waals surface area contributed by atoms with Crippen molar-refractivity contribution in [2.24, 2.45) is 0 Å². The number of halogens is 2. The van der Waals surface area contributed by atoms with Crippen molar-refractivity contribution in [3.8, 4) is 0 Å². The van der Waals surface area contributed by atoms with E-state index in [1.165, 1.54) is 18.2 Å². The minimum Gasteiger partial charge on any atom is -0.309 e. The predicted molar refractivity (Wildman–Crippen MR) is 83.9 cm³/mol. The minimum atomic E-state index is -3.17. The molecule has 1 heterocycles. The lowest BCUT2D eigenvalue weighted by atomic mass is 9.99. The summed E-state index contributed by atoms with van der Waals surface area (Å²) in [6.45, 7) is 2.68. The van der Waals surface area contributed by atoms with Gasteiger partial charge in [0.1, 0.15) is 5.82 Å². The summed E-state index contributed by atoms with van der Waals surface area (Å²) in [5.41, 5.74) is 0.542. The van der Waals surface area contributed by atoms with Gasteiger partial charge in [-0.25, -0.2) is 12.8 Å². The van der Waals surface area contributed by atoms with Crippen LogP contribution in [0.25, 0.3) is 0 Å². The van der Waals surface area contributed by atoms with E-state index in [9.17, 15) is 12.8 Å². The maximum atomic E-state index is 13.6. The van der Waals surface area contributed by atoms with Gasteiger partial charge in [-0.1, -0.05) is 24.9 Å². The molecule has 1 aliphatic heterocycles. The van der Waals surface area contributed by atoms with E-state index in [0.717, 1.165) is 12.8 Å². The minimum absolute atomic E-state index is 0.203. The Kier molecular flexibility index (Phi) is 5.63. The molecular weight excluding hydrogens is 313 g/mol. The zero-order valence-corrected chi connectivity index (χ0v) is 13.7. The first kappa shape index (κ1) is 16.7. The summed E-state index contributed by atoms with van der Waals surface area (Å²) < 4.78 is 38.3. The number of rotatable bonds is 5. The Morgan fingerprint density at radius 2 is 2.19 bits per heavy atom. The molecule has 2 rings (SSSR count). The van der Waals surface area contributed by atoms with Gasteiger partial charge in [0.15, 0.2) is 9.84 Å². The molecule has 1 aromatic rings. The van der Waals surface area contributed by atoms with Crippen LogP contribution in [0.4, 0.5) is 4.39 Å². The highest BCUT2D eigenvalue weighted by molar-refractivity contribution is 7.92. The monoisotopic (exact) mass is 333 g/mol. The molecule has 0 amide bonds. The van der Waals surface area contributed by atoms with E-state index < -0.39 is 26.9 Å². The summed E-state index contributed by atoms with van der Waals surface area (Å²) in [6.07, 6.45) is 3.05. The third-order valence-corrected chi connectivity index (χ3v) is 6.54. The van der Waals surface area contributed by atoms with Gasteiger partial charge < -0.3 is 5.32 Å². The summed E-state index contributed by atoms with van der Waals surface area (Å²) >= 11 is 6.18. The molecule has 2 atom stereocenters. The Morgan fingerprint density at radius 1 is 1.43 bits per heavy atom. The molecule has 1 N–H and O–H groups in total. The van der Waals surface area contributed by atoms with Gasteiger partial charge in [-0.05, 0) is 49.6 Å². The van der Waals surface area contributed by atoms with Crippen LogP contribution in [-0.2, 0) is 9.84 Å². The van der Waals surface area contributed by atoms with Gasteiger partial charge >= 0.3 is 0 Å². The largest absolute Gasteiger partial charge is 0.309 e. The van der Waals surface area contributed by atoms with Crippen LogP contribution in [0.2, 0.25) is 5.02 Å². The van der Waals surface area contributed by atoms with Gasteiger partial charge in [-0.2, -0.15) is 0 Å². The Hall–Kier alpha value is -0.650. The average Bonchev–Trinajstić information content (AvgIpc) is 2.44. The Morgan fingerprint density at radius 3 is 2.86 bits per heavy atom. The van der Waals surface area contributed by atoms with Crippen LogP contribution in [0.5, 0.6) is 0 Å². The standard InChI is InChI=1S/C15H21ClFNO2S/c1-2-8-18-15(12-10-11(17)6-7-13(12)16)14-5-3-4-9-21(14,19)20/h6-7,10,14-15,18H,2-5,8-9H2,1H3. The van der Waals surface area contributed by atoms with Crippen molar-refractivity contribution in [2.45, 2.75) is 43.9 Å². The fourth-order valence-electron chi connectivity index (χ4n) is 2.85. The van der Waals surface area contributed by atoms with Crippen LogP contribution in [0.1, 0.15) is 44.2 Å².